The molecular weight excluding hydrogens is 324 g/mol. The van der Waals surface area contributed by atoms with Crippen molar-refractivity contribution in [3.8, 4) is 0 Å². The molecule has 2 fully saturated rings. The van der Waals surface area contributed by atoms with Gasteiger partial charge in [-0.2, -0.15) is 0 Å². The molecule has 1 saturated heterocycles. The number of hydrogen-bond acceptors (Lipinski definition) is 5. The Morgan fingerprint density at radius 2 is 1.96 bits per heavy atom. The smallest absolute Gasteiger partial charge is 0.414 e. The van der Waals surface area contributed by atoms with E-state index < -0.39 is 11.9 Å². The zero-order valence-corrected chi connectivity index (χ0v) is 13.7. The number of likely N-dealkylation sites (N-methyl/N-ethyl adjacent to an activating group) is 1. The molecule has 3 rings (SSSR count). The molecule has 2 heterocycles. The molecule has 0 aromatic heterocycles. The first-order valence-corrected chi connectivity index (χ1v) is 8.00. The van der Waals surface area contributed by atoms with E-state index in [9.17, 15) is 0 Å². The van der Waals surface area contributed by atoms with Gasteiger partial charge in [0.25, 0.3) is 0 Å². The number of rotatable bonds is 4. The third-order valence-corrected chi connectivity index (χ3v) is 4.76. The highest BCUT2D eigenvalue weighted by Crippen LogP contribution is 2.38. The Kier molecular flexibility index (Phi) is 6.01. The van der Waals surface area contributed by atoms with Crippen LogP contribution >= 0.6 is 11.6 Å². The van der Waals surface area contributed by atoms with Crippen LogP contribution in [-0.4, -0.2) is 59.0 Å². The summed E-state index contributed by atoms with van der Waals surface area (Å²) >= 11 is 6.34. The highest BCUT2D eigenvalue weighted by molar-refractivity contribution is 6.31. The van der Waals surface area contributed by atoms with Crippen molar-refractivity contribution in [3.63, 3.8) is 0 Å². The van der Waals surface area contributed by atoms with Crippen LogP contribution in [0.3, 0.4) is 0 Å². The molecule has 7 nitrogen and oxygen atoms in total. The molecule has 3 aliphatic rings. The summed E-state index contributed by atoms with van der Waals surface area (Å²) in [5, 5.41) is 19.8. The van der Waals surface area contributed by atoms with Crippen molar-refractivity contribution >= 4 is 29.8 Å². The van der Waals surface area contributed by atoms with Crippen LogP contribution in [-0.2, 0) is 14.4 Å². The summed E-state index contributed by atoms with van der Waals surface area (Å²) in [5.74, 6) is -2.90. The van der Waals surface area contributed by atoms with E-state index in [-0.39, 0.29) is 0 Å². The molecule has 1 aliphatic carbocycles. The van der Waals surface area contributed by atoms with E-state index in [1.807, 2.05) is 6.21 Å². The molecule has 2 aliphatic heterocycles. The highest BCUT2D eigenvalue weighted by atomic mass is 35.5. The SMILES string of the molecule is CN1C2CCC1C(/C=N/OCC1CC1)=C(Cl)C2.O=C(O)C(=O)O. The van der Waals surface area contributed by atoms with Crippen molar-refractivity contribution in [3.05, 3.63) is 10.6 Å². The van der Waals surface area contributed by atoms with Crippen LogP contribution in [0.25, 0.3) is 0 Å². The van der Waals surface area contributed by atoms with Crippen molar-refractivity contribution in [1.82, 2.24) is 4.90 Å². The first kappa shape index (κ1) is 17.7. The van der Waals surface area contributed by atoms with Gasteiger partial charge in [-0.3, -0.25) is 4.90 Å². The largest absolute Gasteiger partial charge is 0.473 e. The summed E-state index contributed by atoms with van der Waals surface area (Å²) < 4.78 is 0. The minimum atomic E-state index is -1.82. The van der Waals surface area contributed by atoms with Crippen molar-refractivity contribution in [2.24, 2.45) is 11.1 Å². The fourth-order valence-electron chi connectivity index (χ4n) is 2.82. The van der Waals surface area contributed by atoms with Gasteiger partial charge < -0.3 is 15.1 Å². The van der Waals surface area contributed by atoms with Gasteiger partial charge in [0.2, 0.25) is 0 Å². The monoisotopic (exact) mass is 344 g/mol. The molecule has 0 aromatic carbocycles. The van der Waals surface area contributed by atoms with Crippen LogP contribution in [0.15, 0.2) is 15.8 Å². The van der Waals surface area contributed by atoms with E-state index in [1.165, 1.54) is 31.3 Å². The average molecular weight is 345 g/mol. The number of nitrogens with zero attached hydrogens (tertiary/aromatic N) is 2. The molecule has 2 N–H and O–H groups in total. The van der Waals surface area contributed by atoms with E-state index in [1.54, 1.807) is 0 Å². The van der Waals surface area contributed by atoms with E-state index in [4.69, 9.17) is 36.2 Å². The third kappa shape index (κ3) is 4.94. The minimum Gasteiger partial charge on any atom is -0.473 e. The fourth-order valence-corrected chi connectivity index (χ4v) is 3.17. The molecule has 0 radical (unpaired) electrons. The number of carboxylic acid groups (broad SMARTS) is 2. The van der Waals surface area contributed by atoms with Crippen LogP contribution in [0.2, 0.25) is 0 Å². The number of oxime groups is 1. The van der Waals surface area contributed by atoms with Crippen molar-refractivity contribution in [2.75, 3.05) is 13.7 Å². The first-order chi connectivity index (χ1) is 10.9. The zero-order valence-electron chi connectivity index (χ0n) is 12.9. The van der Waals surface area contributed by atoms with E-state index in [0.29, 0.717) is 12.1 Å². The average Bonchev–Trinajstić information content (AvgIpc) is 3.27. The summed E-state index contributed by atoms with van der Waals surface area (Å²) in [7, 11) is 2.19. The highest BCUT2D eigenvalue weighted by Gasteiger charge is 2.38. The Hall–Kier alpha value is -1.60. The molecule has 23 heavy (non-hydrogen) atoms. The number of hydrogen-bond donors (Lipinski definition) is 2. The van der Waals surface area contributed by atoms with Crippen molar-refractivity contribution < 1.29 is 24.6 Å². The summed E-state index contributed by atoms with van der Waals surface area (Å²) in [6.07, 6.45) is 7.85. The van der Waals surface area contributed by atoms with Crippen LogP contribution in [0.5, 0.6) is 0 Å². The van der Waals surface area contributed by atoms with Crippen LogP contribution in [0.1, 0.15) is 32.1 Å². The maximum atomic E-state index is 9.10. The second-order valence-corrected chi connectivity index (χ2v) is 6.52. The van der Waals surface area contributed by atoms with Crippen molar-refractivity contribution in [1.29, 1.82) is 0 Å². The van der Waals surface area contributed by atoms with Gasteiger partial charge >= 0.3 is 11.9 Å². The number of halogens is 1. The van der Waals surface area contributed by atoms with Gasteiger partial charge in [-0.15, -0.1) is 0 Å². The Morgan fingerprint density at radius 1 is 1.30 bits per heavy atom. The van der Waals surface area contributed by atoms with Gasteiger partial charge in [-0.05, 0) is 45.1 Å². The molecule has 1 saturated carbocycles. The van der Waals surface area contributed by atoms with Crippen LogP contribution in [0, 0.1) is 5.92 Å². The number of carboxylic acids is 2. The molecule has 2 unspecified atom stereocenters. The normalized spacial score (nSPS) is 26.9. The van der Waals surface area contributed by atoms with Crippen LogP contribution in [0.4, 0.5) is 0 Å². The first-order valence-electron chi connectivity index (χ1n) is 7.62. The molecule has 2 atom stereocenters. The summed E-state index contributed by atoms with van der Waals surface area (Å²) in [5.41, 5.74) is 1.17. The topological polar surface area (TPSA) is 99.4 Å². The van der Waals surface area contributed by atoms with Gasteiger partial charge in [0.15, 0.2) is 0 Å². The van der Waals surface area contributed by atoms with E-state index >= 15 is 0 Å². The minimum absolute atomic E-state index is 0.453. The van der Waals surface area contributed by atoms with Crippen molar-refractivity contribution in [2.45, 2.75) is 44.2 Å². The van der Waals surface area contributed by atoms with Gasteiger partial charge in [0.1, 0.15) is 6.61 Å². The maximum Gasteiger partial charge on any atom is 0.414 e. The summed E-state index contributed by atoms with van der Waals surface area (Å²) in [4.78, 5) is 25.9. The van der Waals surface area contributed by atoms with Gasteiger partial charge in [-0.1, -0.05) is 16.8 Å². The molecule has 0 spiro atoms. The number of aliphatic carboxylic acids is 2. The quantitative estimate of drug-likeness (QED) is 0.459. The fraction of sp³-hybridized carbons (Fsp3) is 0.667. The molecule has 8 heteroatoms. The Balaban J connectivity index is 0.000000277. The zero-order chi connectivity index (χ0) is 17.0. The lowest BCUT2D eigenvalue weighted by molar-refractivity contribution is -0.159. The summed E-state index contributed by atoms with van der Waals surface area (Å²) in [6, 6.07) is 1.09. The Bertz CT molecular complexity index is 518. The standard InChI is InChI=1S/C13H19ClN2O.C2H2O4/c1-16-10-4-5-13(16)11(12(14)6-10)7-15-17-8-9-2-3-9;3-1(4)2(5)6/h7,9-10,13H,2-6,8H2,1H3;(H,3,4)(H,5,6)/b15-7+;. The predicted octanol–water partition coefficient (Wildman–Crippen LogP) is 1.91. The lowest BCUT2D eigenvalue weighted by atomic mass is 10.0. The van der Waals surface area contributed by atoms with Gasteiger partial charge in [0.05, 0.1) is 6.21 Å². The molecule has 128 valence electrons. The third-order valence-electron chi connectivity index (χ3n) is 4.38. The molecule has 2 bridgehead atoms. The summed E-state index contributed by atoms with van der Waals surface area (Å²) in [6.45, 7) is 0.768. The second kappa shape index (κ2) is 7.79. The lowest BCUT2D eigenvalue weighted by Crippen LogP contribution is -2.37. The Morgan fingerprint density at radius 3 is 2.52 bits per heavy atom. The number of carbonyl (C=O) groups is 2. The van der Waals surface area contributed by atoms with E-state index in [2.05, 4.69) is 17.1 Å². The van der Waals surface area contributed by atoms with Crippen LogP contribution < -0.4 is 0 Å². The predicted molar refractivity (Wildman–Crippen MR) is 84.5 cm³/mol. The maximum absolute atomic E-state index is 9.10. The molecule has 0 aromatic rings. The van der Waals surface area contributed by atoms with Gasteiger partial charge in [0, 0.05) is 22.7 Å². The van der Waals surface area contributed by atoms with E-state index in [0.717, 1.165) is 24.0 Å². The van der Waals surface area contributed by atoms with Gasteiger partial charge in [-0.25, -0.2) is 9.59 Å². The second-order valence-electron chi connectivity index (χ2n) is 6.06. The molecular formula is C15H21ClN2O5. The number of fused-ring (bicyclic) bond motifs is 2. The lowest BCUT2D eigenvalue weighted by Gasteiger charge is -2.31. The molecule has 0 amide bonds. The Labute approximate surface area is 139 Å².